The van der Waals surface area contributed by atoms with Crippen LogP contribution in [-0.4, -0.2) is 10.2 Å². The summed E-state index contributed by atoms with van der Waals surface area (Å²) in [5.74, 6) is 0.588. The van der Waals surface area contributed by atoms with Gasteiger partial charge in [-0.25, -0.2) is 0 Å². The standard InChI is InChI=1S/2C18H22N2O/c2*1-17(2,3)14-8-12(7-13(10-19)11-20)9-15(16(14)21)18(4,5)6/h2*7-9,21H,1-6H3. The normalized spacial score (nSPS) is 11.4. The van der Waals surface area contributed by atoms with Crippen LogP contribution < -0.4 is 0 Å². The summed E-state index contributed by atoms with van der Waals surface area (Å²) in [6.07, 6.45) is 3.12. The highest BCUT2D eigenvalue weighted by Crippen LogP contribution is 2.41. The van der Waals surface area contributed by atoms with E-state index in [0.717, 1.165) is 33.4 Å². The first-order chi connectivity index (χ1) is 19.0. The molecule has 0 spiro atoms. The molecule has 0 aliphatic rings. The van der Waals surface area contributed by atoms with Crippen molar-refractivity contribution in [1.82, 2.24) is 0 Å². The van der Waals surface area contributed by atoms with Crippen molar-refractivity contribution in [2.24, 2.45) is 0 Å². The smallest absolute Gasteiger partial charge is 0.130 e. The predicted molar refractivity (Wildman–Crippen MR) is 169 cm³/mol. The Bertz CT molecular complexity index is 1330. The Balaban J connectivity index is 0.000000420. The zero-order valence-electron chi connectivity index (χ0n) is 27.1. The van der Waals surface area contributed by atoms with E-state index in [1.807, 2.05) is 132 Å². The van der Waals surface area contributed by atoms with Gasteiger partial charge < -0.3 is 10.2 Å². The number of hydrogen-bond donors (Lipinski definition) is 2. The summed E-state index contributed by atoms with van der Waals surface area (Å²) in [4.78, 5) is 0. The largest absolute Gasteiger partial charge is 0.507 e. The van der Waals surface area contributed by atoms with E-state index in [0.29, 0.717) is 11.5 Å². The van der Waals surface area contributed by atoms with E-state index in [1.54, 1.807) is 12.2 Å². The second kappa shape index (κ2) is 13.0. The van der Waals surface area contributed by atoms with Crippen LogP contribution in [0.25, 0.3) is 12.2 Å². The third-order valence-electron chi connectivity index (χ3n) is 6.60. The fourth-order valence-corrected chi connectivity index (χ4v) is 4.28. The third-order valence-corrected chi connectivity index (χ3v) is 6.60. The van der Waals surface area contributed by atoms with Crippen LogP contribution in [0.1, 0.15) is 116 Å². The van der Waals surface area contributed by atoms with Crippen molar-refractivity contribution in [2.75, 3.05) is 0 Å². The van der Waals surface area contributed by atoms with Crippen molar-refractivity contribution in [3.63, 3.8) is 0 Å². The number of nitrogens with zero attached hydrogens (tertiary/aromatic N) is 4. The maximum atomic E-state index is 10.6. The van der Waals surface area contributed by atoms with Crippen LogP contribution in [0.5, 0.6) is 11.5 Å². The first kappa shape index (κ1) is 35.5. The Labute approximate surface area is 252 Å². The molecule has 0 aliphatic carbocycles. The van der Waals surface area contributed by atoms with Gasteiger partial charge in [0.25, 0.3) is 0 Å². The summed E-state index contributed by atoms with van der Waals surface area (Å²) in [6, 6.07) is 14.9. The molecule has 0 aromatic heterocycles. The minimum absolute atomic E-state index is 0.0559. The molecule has 0 heterocycles. The third kappa shape index (κ3) is 9.26. The van der Waals surface area contributed by atoms with Crippen molar-refractivity contribution >= 4 is 12.2 Å². The van der Waals surface area contributed by atoms with Gasteiger partial charge in [-0.15, -0.1) is 0 Å². The lowest BCUT2D eigenvalue weighted by atomic mass is 9.78. The molecule has 42 heavy (non-hydrogen) atoms. The molecule has 2 aromatic carbocycles. The molecule has 0 radical (unpaired) electrons. The quantitative estimate of drug-likeness (QED) is 0.350. The van der Waals surface area contributed by atoms with Gasteiger partial charge in [-0.2, -0.15) is 21.0 Å². The van der Waals surface area contributed by atoms with Gasteiger partial charge in [0, 0.05) is 22.3 Å². The van der Waals surface area contributed by atoms with Crippen LogP contribution >= 0.6 is 0 Å². The lowest BCUT2D eigenvalue weighted by Crippen LogP contribution is -2.17. The average molecular weight is 565 g/mol. The van der Waals surface area contributed by atoms with E-state index in [-0.39, 0.29) is 32.8 Å². The van der Waals surface area contributed by atoms with Gasteiger partial charge in [0.05, 0.1) is 0 Å². The Morgan fingerprint density at radius 1 is 0.476 bits per heavy atom. The van der Waals surface area contributed by atoms with Gasteiger partial charge in [-0.3, -0.25) is 0 Å². The van der Waals surface area contributed by atoms with Gasteiger partial charge in [0.2, 0.25) is 0 Å². The number of phenolic OH excluding ortho intramolecular Hbond substituents is 2. The van der Waals surface area contributed by atoms with Crippen molar-refractivity contribution in [3.8, 4) is 35.8 Å². The Morgan fingerprint density at radius 3 is 0.810 bits per heavy atom. The second-order valence-electron chi connectivity index (χ2n) is 14.5. The first-order valence-corrected chi connectivity index (χ1v) is 13.8. The molecule has 0 unspecified atom stereocenters. The van der Waals surface area contributed by atoms with Crippen LogP contribution in [0.2, 0.25) is 0 Å². The molecule has 0 fully saturated rings. The summed E-state index contributed by atoms with van der Waals surface area (Å²) < 4.78 is 0. The van der Waals surface area contributed by atoms with E-state index in [4.69, 9.17) is 21.0 Å². The maximum Gasteiger partial charge on any atom is 0.130 e. The van der Waals surface area contributed by atoms with Crippen LogP contribution in [0.4, 0.5) is 0 Å². The van der Waals surface area contributed by atoms with Crippen LogP contribution in [0, 0.1) is 45.3 Å². The number of allylic oxidation sites excluding steroid dienone is 2. The highest BCUT2D eigenvalue weighted by atomic mass is 16.3. The topological polar surface area (TPSA) is 136 Å². The van der Waals surface area contributed by atoms with E-state index >= 15 is 0 Å². The fraction of sp³-hybridized carbons (Fsp3) is 0.444. The molecule has 2 rings (SSSR count). The molecule has 2 aromatic rings. The van der Waals surface area contributed by atoms with Crippen molar-refractivity contribution < 1.29 is 10.2 Å². The second-order valence-corrected chi connectivity index (χ2v) is 14.5. The summed E-state index contributed by atoms with van der Waals surface area (Å²) in [5, 5.41) is 56.8. The fourth-order valence-electron chi connectivity index (χ4n) is 4.28. The zero-order valence-corrected chi connectivity index (χ0v) is 27.1. The molecular formula is C36H44N4O2. The predicted octanol–water partition coefficient (Wildman–Crippen LogP) is 8.84. The summed E-state index contributed by atoms with van der Waals surface area (Å²) in [5.41, 5.74) is 3.99. The molecule has 220 valence electrons. The lowest BCUT2D eigenvalue weighted by molar-refractivity contribution is 0.422. The molecule has 0 bridgehead atoms. The van der Waals surface area contributed by atoms with Crippen LogP contribution in [0.3, 0.4) is 0 Å². The van der Waals surface area contributed by atoms with Gasteiger partial charge in [0.15, 0.2) is 0 Å². The molecular weight excluding hydrogens is 520 g/mol. The van der Waals surface area contributed by atoms with Gasteiger partial charge in [-0.05, 0) is 69.2 Å². The summed E-state index contributed by atoms with van der Waals surface area (Å²) in [7, 11) is 0. The molecule has 0 saturated carbocycles. The number of nitriles is 4. The summed E-state index contributed by atoms with van der Waals surface area (Å²) >= 11 is 0. The van der Waals surface area contributed by atoms with Crippen LogP contribution in [-0.2, 0) is 21.7 Å². The van der Waals surface area contributed by atoms with Gasteiger partial charge >= 0.3 is 0 Å². The molecule has 6 heteroatoms. The van der Waals surface area contributed by atoms with E-state index in [9.17, 15) is 10.2 Å². The molecule has 6 nitrogen and oxygen atoms in total. The average Bonchev–Trinajstić information content (AvgIpc) is 2.84. The molecule has 0 saturated heterocycles. The lowest BCUT2D eigenvalue weighted by Gasteiger charge is -2.27. The highest BCUT2D eigenvalue weighted by molar-refractivity contribution is 5.67. The molecule has 2 N–H and O–H groups in total. The Hall–Kier alpha value is -4.52. The molecule has 0 aliphatic heterocycles. The van der Waals surface area contributed by atoms with Crippen molar-refractivity contribution in [2.45, 2.75) is 105 Å². The number of phenols is 2. The Morgan fingerprint density at radius 2 is 0.667 bits per heavy atom. The number of rotatable bonds is 2. The highest BCUT2D eigenvalue weighted by Gasteiger charge is 2.27. The van der Waals surface area contributed by atoms with Gasteiger partial charge in [-0.1, -0.05) is 83.1 Å². The van der Waals surface area contributed by atoms with E-state index in [1.165, 1.54) is 0 Å². The van der Waals surface area contributed by atoms with E-state index in [2.05, 4.69) is 0 Å². The minimum Gasteiger partial charge on any atom is -0.507 e. The SMILES string of the molecule is CC(C)(C)c1cc(C=C(C#N)C#N)cc(C(C)(C)C)c1O.CC(C)(C)c1cc(C=C(C#N)C#N)cc(C(C)(C)C)c1O. The molecule has 0 atom stereocenters. The zero-order chi connectivity index (χ0) is 32.8. The monoisotopic (exact) mass is 564 g/mol. The molecule has 0 amide bonds. The van der Waals surface area contributed by atoms with Crippen LogP contribution in [0.15, 0.2) is 35.4 Å². The van der Waals surface area contributed by atoms with Gasteiger partial charge in [0.1, 0.15) is 46.9 Å². The number of aromatic hydroxyl groups is 2. The first-order valence-electron chi connectivity index (χ1n) is 13.8. The Kier molecular flexibility index (Phi) is 11.0. The number of benzene rings is 2. The number of hydrogen-bond acceptors (Lipinski definition) is 6. The van der Waals surface area contributed by atoms with Crippen molar-refractivity contribution in [3.05, 3.63) is 68.8 Å². The minimum atomic E-state index is -0.229. The maximum absolute atomic E-state index is 10.6. The van der Waals surface area contributed by atoms with Crippen molar-refractivity contribution in [1.29, 1.82) is 21.0 Å². The van der Waals surface area contributed by atoms with E-state index < -0.39 is 0 Å². The summed E-state index contributed by atoms with van der Waals surface area (Å²) in [6.45, 7) is 24.3.